The molecule has 0 radical (unpaired) electrons. The van der Waals surface area contributed by atoms with E-state index in [9.17, 15) is 9.18 Å². The number of carbonyl (C=O) groups is 1. The number of fused-ring (bicyclic) bond motifs is 2. The van der Waals surface area contributed by atoms with Gasteiger partial charge in [0.1, 0.15) is 23.1 Å². The number of esters is 1. The van der Waals surface area contributed by atoms with E-state index in [0.29, 0.717) is 53.2 Å². The van der Waals surface area contributed by atoms with Gasteiger partial charge in [-0.3, -0.25) is 4.68 Å². The summed E-state index contributed by atoms with van der Waals surface area (Å²) in [7, 11) is 1.82. The van der Waals surface area contributed by atoms with Crippen LogP contribution in [0, 0.1) is 25.5 Å². The second kappa shape index (κ2) is 10.3. The molecule has 0 unspecified atom stereocenters. The summed E-state index contributed by atoms with van der Waals surface area (Å²) in [5, 5.41) is 6.80. The number of ether oxygens (including phenoxy) is 2. The molecule has 5 rings (SSSR count). The van der Waals surface area contributed by atoms with E-state index in [-0.39, 0.29) is 12.4 Å². The summed E-state index contributed by atoms with van der Waals surface area (Å²) < 4.78 is 42.0. The van der Waals surface area contributed by atoms with Crippen molar-refractivity contribution in [2.24, 2.45) is 7.05 Å². The van der Waals surface area contributed by atoms with Crippen LogP contribution in [-0.4, -0.2) is 33.9 Å². The summed E-state index contributed by atoms with van der Waals surface area (Å²) >= 11 is 0. The summed E-state index contributed by atoms with van der Waals surface area (Å²) in [5.74, 6) is -0.510. The Hall–Kier alpha value is -4.20. The largest absolute Gasteiger partial charge is 0.493 e. The smallest absolute Gasteiger partial charge is 0.355 e. The molecule has 0 atom stereocenters. The second-order valence-corrected chi connectivity index (χ2v) is 9.29. The summed E-state index contributed by atoms with van der Waals surface area (Å²) in [6, 6.07) is 13.2. The van der Waals surface area contributed by atoms with Gasteiger partial charge in [-0.2, -0.15) is 5.10 Å². The topological polar surface area (TPSA) is 69.1 Å². The van der Waals surface area contributed by atoms with Gasteiger partial charge < -0.3 is 14.5 Å². The monoisotopic (exact) mass is 517 g/mol. The van der Waals surface area contributed by atoms with E-state index >= 15 is 4.39 Å². The number of aromatic nitrogens is 3. The maximum absolute atomic E-state index is 15.3. The highest BCUT2D eigenvalue weighted by atomic mass is 19.1. The van der Waals surface area contributed by atoms with Crippen molar-refractivity contribution in [1.82, 2.24) is 14.8 Å². The van der Waals surface area contributed by atoms with Gasteiger partial charge in [-0.1, -0.05) is 12.1 Å². The quantitative estimate of drug-likeness (QED) is 0.181. The Labute approximate surface area is 219 Å². The second-order valence-electron chi connectivity index (χ2n) is 9.29. The molecule has 2 aromatic heterocycles. The van der Waals surface area contributed by atoms with E-state index in [0.717, 1.165) is 27.4 Å². The van der Waals surface area contributed by atoms with Gasteiger partial charge in [-0.05, 0) is 81.0 Å². The molecule has 196 valence electrons. The van der Waals surface area contributed by atoms with Crippen LogP contribution >= 0.6 is 0 Å². The first-order valence-electron chi connectivity index (χ1n) is 12.6. The lowest BCUT2D eigenvalue weighted by molar-refractivity contribution is 0.0519. The van der Waals surface area contributed by atoms with Gasteiger partial charge in [0.25, 0.3) is 0 Å². The Bertz CT molecular complexity index is 1670. The molecule has 0 bridgehead atoms. The van der Waals surface area contributed by atoms with Gasteiger partial charge in [-0.25, -0.2) is 13.6 Å². The molecule has 0 aliphatic rings. The van der Waals surface area contributed by atoms with Crippen molar-refractivity contribution < 1.29 is 23.0 Å². The van der Waals surface area contributed by atoms with Crippen molar-refractivity contribution in [2.75, 3.05) is 13.2 Å². The van der Waals surface area contributed by atoms with Crippen LogP contribution < -0.4 is 4.74 Å². The van der Waals surface area contributed by atoms with Crippen LogP contribution in [0.4, 0.5) is 8.78 Å². The molecule has 8 heteroatoms. The van der Waals surface area contributed by atoms with E-state index < -0.39 is 11.8 Å². The molecule has 3 aromatic carbocycles. The molecule has 0 saturated heterocycles. The molecule has 0 spiro atoms. The molecular formula is C30H29F2N3O3. The molecule has 0 aliphatic heterocycles. The van der Waals surface area contributed by atoms with E-state index in [1.165, 1.54) is 18.2 Å². The van der Waals surface area contributed by atoms with Gasteiger partial charge in [0.05, 0.1) is 24.4 Å². The van der Waals surface area contributed by atoms with Gasteiger partial charge >= 0.3 is 5.97 Å². The summed E-state index contributed by atoms with van der Waals surface area (Å²) in [5.41, 5.74) is 4.23. The number of hydrogen-bond acceptors (Lipinski definition) is 4. The van der Waals surface area contributed by atoms with Crippen LogP contribution in [0.15, 0.2) is 48.5 Å². The van der Waals surface area contributed by atoms with E-state index in [2.05, 4.69) is 10.1 Å². The SMILES string of the molecule is CCOC(=O)c1[nH]c2c(-c3c(C)nn(C)c3C)c(F)ccc2c1CCCOc1cccc2cc(F)ccc12. The van der Waals surface area contributed by atoms with Crippen molar-refractivity contribution in [2.45, 2.75) is 33.6 Å². The molecule has 6 nitrogen and oxygen atoms in total. The maximum atomic E-state index is 15.3. The highest BCUT2D eigenvalue weighted by Crippen LogP contribution is 2.37. The average molecular weight is 518 g/mol. The number of nitrogens with zero attached hydrogens (tertiary/aromatic N) is 2. The third-order valence-electron chi connectivity index (χ3n) is 6.90. The number of H-pyrrole nitrogens is 1. The zero-order valence-corrected chi connectivity index (χ0v) is 21.8. The van der Waals surface area contributed by atoms with Crippen molar-refractivity contribution >= 4 is 27.6 Å². The first-order valence-corrected chi connectivity index (χ1v) is 12.6. The fraction of sp³-hybridized carbons (Fsp3) is 0.267. The predicted molar refractivity (Wildman–Crippen MR) is 144 cm³/mol. The first-order chi connectivity index (χ1) is 18.3. The highest BCUT2D eigenvalue weighted by molar-refractivity contribution is 6.04. The zero-order chi connectivity index (χ0) is 27.0. The van der Waals surface area contributed by atoms with E-state index in [1.54, 1.807) is 23.7 Å². The number of halogens is 2. The third kappa shape index (κ3) is 4.51. The number of aryl methyl sites for hydroxylation is 3. The lowest BCUT2D eigenvalue weighted by Gasteiger charge is -2.10. The van der Waals surface area contributed by atoms with Crippen LogP contribution in [0.3, 0.4) is 0 Å². The van der Waals surface area contributed by atoms with Crippen LogP contribution in [0.1, 0.15) is 40.8 Å². The van der Waals surface area contributed by atoms with Gasteiger partial charge in [-0.15, -0.1) is 0 Å². The Morgan fingerprint density at radius 2 is 1.84 bits per heavy atom. The molecule has 2 heterocycles. The third-order valence-corrected chi connectivity index (χ3v) is 6.90. The lowest BCUT2D eigenvalue weighted by Crippen LogP contribution is -2.09. The molecule has 0 amide bonds. The minimum atomic E-state index is -0.485. The molecule has 1 N–H and O–H groups in total. The number of nitrogens with one attached hydrogen (secondary N) is 1. The van der Waals surface area contributed by atoms with Crippen molar-refractivity contribution in [3.63, 3.8) is 0 Å². The van der Waals surface area contributed by atoms with E-state index in [1.807, 2.05) is 39.1 Å². The van der Waals surface area contributed by atoms with Crippen LogP contribution in [-0.2, 0) is 18.2 Å². The number of rotatable bonds is 8. The average Bonchev–Trinajstić information content (AvgIpc) is 3.38. The number of aromatic amines is 1. The molecular weight excluding hydrogens is 488 g/mol. The highest BCUT2D eigenvalue weighted by Gasteiger charge is 2.25. The summed E-state index contributed by atoms with van der Waals surface area (Å²) in [4.78, 5) is 16.1. The molecule has 0 saturated carbocycles. The van der Waals surface area contributed by atoms with E-state index in [4.69, 9.17) is 9.47 Å². The van der Waals surface area contributed by atoms with Crippen LogP contribution in [0.25, 0.3) is 32.8 Å². The van der Waals surface area contributed by atoms with Crippen LogP contribution in [0.5, 0.6) is 5.75 Å². The minimum absolute atomic E-state index is 0.223. The standard InChI is InChI=1S/C30H29F2N3O3/c1-5-37-30(36)29-22(9-7-15-38-25-10-6-8-19-16-20(31)11-12-21(19)25)23-13-14-24(32)27(28(23)33-29)26-17(2)34-35(4)18(26)3/h6,8,10-14,16,33H,5,7,9,15H2,1-4H3. The lowest BCUT2D eigenvalue weighted by atomic mass is 9.98. The van der Waals surface area contributed by atoms with Crippen LogP contribution in [0.2, 0.25) is 0 Å². The Morgan fingerprint density at radius 3 is 2.58 bits per heavy atom. The zero-order valence-electron chi connectivity index (χ0n) is 21.8. The Balaban J connectivity index is 1.48. The van der Waals surface area contributed by atoms with Gasteiger partial charge in [0.15, 0.2) is 0 Å². The first kappa shape index (κ1) is 25.4. The number of carbonyl (C=O) groups excluding carboxylic acids is 1. The summed E-state index contributed by atoms with van der Waals surface area (Å²) in [6.07, 6.45) is 1.10. The molecule has 0 fully saturated rings. The fourth-order valence-electron chi connectivity index (χ4n) is 5.09. The number of hydrogen-bond donors (Lipinski definition) is 1. The van der Waals surface area contributed by atoms with Gasteiger partial charge in [0, 0.05) is 34.6 Å². The number of benzene rings is 3. The normalized spacial score (nSPS) is 11.4. The van der Waals surface area contributed by atoms with Crippen molar-refractivity contribution in [3.8, 4) is 16.9 Å². The van der Waals surface area contributed by atoms with Crippen molar-refractivity contribution in [1.29, 1.82) is 0 Å². The molecule has 38 heavy (non-hydrogen) atoms. The minimum Gasteiger partial charge on any atom is -0.493 e. The van der Waals surface area contributed by atoms with Gasteiger partial charge in [0.2, 0.25) is 0 Å². The fourth-order valence-corrected chi connectivity index (χ4v) is 5.09. The summed E-state index contributed by atoms with van der Waals surface area (Å²) in [6.45, 7) is 6.08. The predicted octanol–water partition coefficient (Wildman–Crippen LogP) is 6.80. The molecule has 5 aromatic rings. The molecule has 0 aliphatic carbocycles. The maximum Gasteiger partial charge on any atom is 0.355 e. The Morgan fingerprint density at radius 1 is 1.05 bits per heavy atom. The van der Waals surface area contributed by atoms with Crippen molar-refractivity contribution in [3.05, 3.63) is 82.8 Å². The Kier molecular flexibility index (Phi) is 6.89.